The smallest absolute Gasteiger partial charge is 0.140 e. The average Bonchev–Trinajstić information content (AvgIpc) is 2.42. The fourth-order valence-electron chi connectivity index (χ4n) is 1.83. The molecule has 0 aliphatic carbocycles. The number of pyridine rings is 1. The maximum Gasteiger partial charge on any atom is 0.140 e. The molecule has 0 aliphatic rings. The number of nitrogens with zero attached hydrogens (tertiary/aromatic N) is 1. The van der Waals surface area contributed by atoms with Crippen LogP contribution in [0.4, 0.5) is 0 Å². The van der Waals surface area contributed by atoms with E-state index in [1.807, 2.05) is 37.4 Å². The zero-order valence-corrected chi connectivity index (χ0v) is 13.5. The summed E-state index contributed by atoms with van der Waals surface area (Å²) in [5.41, 5.74) is 2.18. The highest BCUT2D eigenvalue weighted by atomic mass is 79.9. The van der Waals surface area contributed by atoms with Gasteiger partial charge in [0.05, 0.1) is 5.02 Å². The van der Waals surface area contributed by atoms with Crippen LogP contribution in [0.15, 0.2) is 41.1 Å². The van der Waals surface area contributed by atoms with Crippen LogP contribution >= 0.6 is 27.5 Å². The van der Waals surface area contributed by atoms with Gasteiger partial charge in [-0.25, -0.2) is 0 Å². The monoisotopic (exact) mass is 354 g/mol. The summed E-state index contributed by atoms with van der Waals surface area (Å²) in [6.45, 7) is 4.09. The van der Waals surface area contributed by atoms with E-state index in [9.17, 15) is 0 Å². The highest BCUT2D eigenvalue weighted by Crippen LogP contribution is 2.31. The molecule has 1 N–H and O–H groups in total. The van der Waals surface area contributed by atoms with Crippen molar-refractivity contribution >= 4 is 27.5 Å². The molecule has 0 aliphatic heterocycles. The zero-order valence-electron chi connectivity index (χ0n) is 11.2. The Hall–Kier alpha value is -1.10. The lowest BCUT2D eigenvalue weighted by molar-refractivity contribution is 0.312. The number of hydrogen-bond donors (Lipinski definition) is 1. The molecule has 0 bridgehead atoms. The third-order valence-electron chi connectivity index (χ3n) is 2.77. The summed E-state index contributed by atoms with van der Waals surface area (Å²) in [5.74, 6) is 0.748. The average molecular weight is 356 g/mol. The third kappa shape index (κ3) is 4.47. The highest BCUT2D eigenvalue weighted by Gasteiger charge is 2.06. The molecule has 106 valence electrons. The van der Waals surface area contributed by atoms with Gasteiger partial charge < -0.3 is 10.1 Å². The Morgan fingerprint density at radius 3 is 2.95 bits per heavy atom. The Balaban J connectivity index is 1.76. The fraction of sp³-hybridized carbons (Fsp3) is 0.267. The number of rotatable bonds is 6. The van der Waals surface area contributed by atoms with Crippen molar-refractivity contribution in [2.45, 2.75) is 13.5 Å². The molecule has 0 atom stereocenters. The lowest BCUT2D eigenvalue weighted by Gasteiger charge is -2.12. The number of nitrogens with one attached hydrogen (secondary N) is 1. The van der Waals surface area contributed by atoms with Crippen molar-refractivity contribution in [2.75, 3.05) is 13.2 Å². The Kier molecular flexibility index (Phi) is 5.83. The fourth-order valence-corrected chi connectivity index (χ4v) is 2.86. The number of aromatic nitrogens is 1. The first-order chi connectivity index (χ1) is 9.66. The maximum absolute atomic E-state index is 6.16. The molecule has 2 aromatic rings. The van der Waals surface area contributed by atoms with Gasteiger partial charge in [0, 0.05) is 30.0 Å². The van der Waals surface area contributed by atoms with Gasteiger partial charge in [0.25, 0.3) is 0 Å². The van der Waals surface area contributed by atoms with Crippen LogP contribution in [0.2, 0.25) is 5.02 Å². The molecule has 20 heavy (non-hydrogen) atoms. The Morgan fingerprint density at radius 2 is 2.25 bits per heavy atom. The first kappa shape index (κ1) is 15.3. The number of ether oxygens (including phenoxy) is 1. The topological polar surface area (TPSA) is 34.1 Å². The van der Waals surface area contributed by atoms with Gasteiger partial charge in [-0.05, 0) is 36.2 Å². The van der Waals surface area contributed by atoms with Gasteiger partial charge in [-0.2, -0.15) is 0 Å². The summed E-state index contributed by atoms with van der Waals surface area (Å²) in [6.07, 6.45) is 3.62. The van der Waals surface area contributed by atoms with E-state index in [4.69, 9.17) is 16.3 Å². The van der Waals surface area contributed by atoms with Crippen molar-refractivity contribution in [1.82, 2.24) is 10.3 Å². The van der Waals surface area contributed by atoms with Crippen LogP contribution in [0.25, 0.3) is 0 Å². The summed E-state index contributed by atoms with van der Waals surface area (Å²) < 4.78 is 6.69. The normalized spacial score (nSPS) is 10.6. The Morgan fingerprint density at radius 1 is 1.40 bits per heavy atom. The van der Waals surface area contributed by atoms with Gasteiger partial charge >= 0.3 is 0 Å². The Bertz CT molecular complexity index is 540. The van der Waals surface area contributed by atoms with E-state index >= 15 is 0 Å². The number of aryl methyl sites for hydroxylation is 1. The predicted molar refractivity (Wildman–Crippen MR) is 85.3 cm³/mol. The molecule has 5 heteroatoms. The first-order valence-corrected chi connectivity index (χ1v) is 7.52. The van der Waals surface area contributed by atoms with Crippen LogP contribution in [0.5, 0.6) is 5.75 Å². The maximum atomic E-state index is 6.16. The molecule has 1 heterocycles. The van der Waals surface area contributed by atoms with Crippen LogP contribution < -0.4 is 10.1 Å². The lowest BCUT2D eigenvalue weighted by Crippen LogP contribution is -2.20. The minimum Gasteiger partial charge on any atom is -0.490 e. The van der Waals surface area contributed by atoms with Crippen molar-refractivity contribution in [3.8, 4) is 5.75 Å². The summed E-state index contributed by atoms with van der Waals surface area (Å²) >= 11 is 9.57. The summed E-state index contributed by atoms with van der Waals surface area (Å²) in [6, 6.07) is 7.80. The SMILES string of the molecule is Cc1cc(Br)cc(Cl)c1OCCNCc1cccnc1. The van der Waals surface area contributed by atoms with Crippen molar-refractivity contribution in [2.24, 2.45) is 0 Å². The minimum atomic E-state index is 0.572. The van der Waals surface area contributed by atoms with E-state index in [-0.39, 0.29) is 0 Å². The molecule has 0 spiro atoms. The minimum absolute atomic E-state index is 0.572. The quantitative estimate of drug-likeness (QED) is 0.796. The van der Waals surface area contributed by atoms with Crippen molar-refractivity contribution < 1.29 is 4.74 Å². The predicted octanol–water partition coefficient (Wildman–Crippen LogP) is 3.97. The second-order valence-electron chi connectivity index (χ2n) is 4.42. The highest BCUT2D eigenvalue weighted by molar-refractivity contribution is 9.10. The summed E-state index contributed by atoms with van der Waals surface area (Å²) in [5, 5.41) is 3.93. The number of halogens is 2. The standard InChI is InChI=1S/C15H16BrClN2O/c1-11-7-13(16)8-14(17)15(11)20-6-5-19-10-12-3-2-4-18-9-12/h2-4,7-9,19H,5-6,10H2,1H3. The lowest BCUT2D eigenvalue weighted by atomic mass is 10.2. The van der Waals surface area contributed by atoms with Gasteiger partial charge in [0.15, 0.2) is 0 Å². The van der Waals surface area contributed by atoms with E-state index < -0.39 is 0 Å². The second-order valence-corrected chi connectivity index (χ2v) is 5.74. The van der Waals surface area contributed by atoms with Gasteiger partial charge in [0.2, 0.25) is 0 Å². The third-order valence-corrected chi connectivity index (χ3v) is 3.51. The van der Waals surface area contributed by atoms with Crippen molar-refractivity contribution in [1.29, 1.82) is 0 Å². The molecule has 2 rings (SSSR count). The summed E-state index contributed by atoms with van der Waals surface area (Å²) in [7, 11) is 0. The molecule has 1 aromatic carbocycles. The largest absolute Gasteiger partial charge is 0.490 e. The molecule has 0 saturated heterocycles. The number of benzene rings is 1. The molecular weight excluding hydrogens is 340 g/mol. The van der Waals surface area contributed by atoms with Crippen LogP contribution in [0, 0.1) is 6.92 Å². The molecule has 0 fully saturated rings. The molecule has 0 unspecified atom stereocenters. The molecule has 0 saturated carbocycles. The van der Waals surface area contributed by atoms with E-state index in [1.165, 1.54) is 0 Å². The first-order valence-electron chi connectivity index (χ1n) is 6.35. The van der Waals surface area contributed by atoms with E-state index in [0.29, 0.717) is 11.6 Å². The van der Waals surface area contributed by atoms with Gasteiger partial charge in [-0.3, -0.25) is 4.98 Å². The molecule has 1 aromatic heterocycles. The molecular formula is C15H16BrClN2O. The van der Waals surface area contributed by atoms with Gasteiger partial charge in [0.1, 0.15) is 12.4 Å². The van der Waals surface area contributed by atoms with Crippen molar-refractivity contribution in [3.63, 3.8) is 0 Å². The molecule has 3 nitrogen and oxygen atoms in total. The second kappa shape index (κ2) is 7.62. The van der Waals surface area contributed by atoms with Crippen LogP contribution in [0.3, 0.4) is 0 Å². The van der Waals surface area contributed by atoms with Crippen LogP contribution in [0.1, 0.15) is 11.1 Å². The van der Waals surface area contributed by atoms with Crippen molar-refractivity contribution in [3.05, 3.63) is 57.3 Å². The van der Waals surface area contributed by atoms with Crippen LogP contribution in [-0.4, -0.2) is 18.1 Å². The summed E-state index contributed by atoms with van der Waals surface area (Å²) in [4.78, 5) is 4.07. The molecule has 0 radical (unpaired) electrons. The van der Waals surface area contributed by atoms with Gasteiger partial charge in [-0.15, -0.1) is 0 Å². The zero-order chi connectivity index (χ0) is 14.4. The van der Waals surface area contributed by atoms with E-state index in [2.05, 4.69) is 26.2 Å². The van der Waals surface area contributed by atoms with Gasteiger partial charge in [-0.1, -0.05) is 33.6 Å². The number of hydrogen-bond acceptors (Lipinski definition) is 3. The van der Waals surface area contributed by atoms with E-state index in [1.54, 1.807) is 6.20 Å². The van der Waals surface area contributed by atoms with E-state index in [0.717, 1.165) is 34.4 Å². The Labute approximate surface area is 132 Å². The molecule has 0 amide bonds. The van der Waals surface area contributed by atoms with Crippen LogP contribution in [-0.2, 0) is 6.54 Å².